The number of carbonyl (C=O) groups excluding carboxylic acids is 4. The summed E-state index contributed by atoms with van der Waals surface area (Å²) in [6.07, 6.45) is 5.09. The van der Waals surface area contributed by atoms with Crippen molar-refractivity contribution in [3.63, 3.8) is 0 Å². The molecule has 2 aliphatic rings. The van der Waals surface area contributed by atoms with Crippen molar-refractivity contribution < 1.29 is 23.9 Å². The van der Waals surface area contributed by atoms with Crippen LogP contribution in [0.2, 0.25) is 0 Å². The zero-order valence-corrected chi connectivity index (χ0v) is 23.8. The molecule has 1 fully saturated rings. The number of carbonyl (C=O) groups is 4. The molecular weight excluding hydrogens is 584 g/mol. The minimum absolute atomic E-state index is 0.168. The lowest BCUT2D eigenvalue weighted by molar-refractivity contribution is -0.122. The highest BCUT2D eigenvalue weighted by Gasteiger charge is 2.47. The first-order chi connectivity index (χ1) is 19.8. The van der Waals surface area contributed by atoms with Crippen LogP contribution in [0.3, 0.4) is 0 Å². The number of esters is 1. The van der Waals surface area contributed by atoms with Crippen LogP contribution in [0.1, 0.15) is 39.1 Å². The summed E-state index contributed by atoms with van der Waals surface area (Å²) in [5.74, 6) is -1.88. The third kappa shape index (κ3) is 5.11. The van der Waals surface area contributed by atoms with Gasteiger partial charge in [0.2, 0.25) is 11.8 Å². The maximum absolute atomic E-state index is 13.3. The second kappa shape index (κ2) is 10.9. The Balaban J connectivity index is 1.28. The van der Waals surface area contributed by atoms with E-state index in [4.69, 9.17) is 9.72 Å². The molecule has 6 rings (SSSR count). The molecule has 8 heteroatoms. The summed E-state index contributed by atoms with van der Waals surface area (Å²) < 4.78 is 6.30. The zero-order valence-electron chi connectivity index (χ0n) is 22.2. The molecule has 2 amide bonds. The van der Waals surface area contributed by atoms with Gasteiger partial charge in [-0.2, -0.15) is 0 Å². The smallest absolute Gasteiger partial charge is 0.339 e. The summed E-state index contributed by atoms with van der Waals surface area (Å²) in [7, 11) is 0. The molecule has 2 atom stereocenters. The van der Waals surface area contributed by atoms with Crippen LogP contribution in [-0.4, -0.2) is 35.2 Å². The van der Waals surface area contributed by atoms with Crippen LogP contribution in [0.15, 0.2) is 89.4 Å². The first kappa shape index (κ1) is 26.8. The van der Waals surface area contributed by atoms with Crippen LogP contribution < -0.4 is 4.90 Å². The number of aromatic nitrogens is 1. The number of rotatable bonds is 6. The van der Waals surface area contributed by atoms with Gasteiger partial charge in [0, 0.05) is 21.0 Å². The van der Waals surface area contributed by atoms with Crippen molar-refractivity contribution in [3.05, 3.63) is 106 Å². The molecule has 1 aromatic heterocycles. The van der Waals surface area contributed by atoms with Gasteiger partial charge in [-0.3, -0.25) is 19.3 Å². The van der Waals surface area contributed by atoms with Crippen molar-refractivity contribution in [2.24, 2.45) is 11.8 Å². The largest absolute Gasteiger partial charge is 0.454 e. The van der Waals surface area contributed by atoms with Gasteiger partial charge in [-0.15, -0.1) is 0 Å². The fourth-order valence-corrected chi connectivity index (χ4v) is 5.68. The van der Waals surface area contributed by atoms with Crippen LogP contribution in [0.5, 0.6) is 0 Å². The summed E-state index contributed by atoms with van der Waals surface area (Å²) >= 11 is 3.34. The van der Waals surface area contributed by atoms with E-state index in [1.165, 1.54) is 4.90 Å². The number of Topliss-reactive ketones (excluding diaryl/α,β-unsaturated/α-hetero) is 1. The van der Waals surface area contributed by atoms with Crippen LogP contribution in [-0.2, 0) is 14.3 Å². The number of ether oxygens (including phenoxy) is 1. The molecule has 4 aromatic rings. The van der Waals surface area contributed by atoms with Gasteiger partial charge in [0.15, 0.2) is 12.4 Å². The normalized spacial score (nSPS) is 18.0. The standard InChI is InChI=1S/C33H25BrN2O5/c1-19-6-15-28-26(16-19)27(33(40)41-18-30(37)21-7-11-22(34)12-8-21)17-29(35-28)20-9-13-23(14-10-20)36-31(38)24-4-2-3-5-25(24)32(36)39/h2-3,6-17,24-25H,4-5,18H2,1H3. The molecule has 1 aliphatic carbocycles. The first-order valence-corrected chi connectivity index (χ1v) is 14.1. The van der Waals surface area contributed by atoms with Gasteiger partial charge in [-0.1, -0.05) is 64.0 Å². The number of hydrogen-bond donors (Lipinski definition) is 0. The minimum atomic E-state index is -0.629. The number of anilines is 1. The van der Waals surface area contributed by atoms with Crippen LogP contribution in [0, 0.1) is 18.8 Å². The summed E-state index contributed by atoms with van der Waals surface area (Å²) in [5, 5.41) is 0.621. The van der Waals surface area contributed by atoms with Gasteiger partial charge < -0.3 is 4.74 Å². The molecule has 1 aliphatic heterocycles. The molecule has 0 bridgehead atoms. The molecule has 2 heterocycles. The number of pyridine rings is 1. The van der Waals surface area contributed by atoms with Gasteiger partial charge in [-0.25, -0.2) is 9.78 Å². The molecule has 1 saturated heterocycles. The maximum Gasteiger partial charge on any atom is 0.339 e. The Hall–Kier alpha value is -4.43. The van der Waals surface area contributed by atoms with Crippen molar-refractivity contribution >= 4 is 56.1 Å². The van der Waals surface area contributed by atoms with E-state index in [2.05, 4.69) is 15.9 Å². The monoisotopic (exact) mass is 608 g/mol. The Morgan fingerprint density at radius 3 is 2.22 bits per heavy atom. The van der Waals surface area contributed by atoms with Crippen molar-refractivity contribution in [1.29, 1.82) is 0 Å². The number of benzene rings is 3. The van der Waals surface area contributed by atoms with E-state index >= 15 is 0 Å². The summed E-state index contributed by atoms with van der Waals surface area (Å²) in [5.41, 5.74) is 4.04. The van der Waals surface area contributed by atoms with Gasteiger partial charge in [0.05, 0.1) is 34.3 Å². The third-order valence-corrected chi connectivity index (χ3v) is 8.14. The van der Waals surface area contributed by atoms with Crippen molar-refractivity contribution in [3.8, 4) is 11.3 Å². The Labute approximate surface area is 245 Å². The second-order valence-corrected chi connectivity index (χ2v) is 11.2. The Morgan fingerprint density at radius 1 is 0.902 bits per heavy atom. The topological polar surface area (TPSA) is 93.6 Å². The molecule has 3 aromatic carbocycles. The number of imide groups is 1. The lowest BCUT2D eigenvalue weighted by Crippen LogP contribution is -2.30. The Bertz CT molecular complexity index is 1720. The molecule has 41 heavy (non-hydrogen) atoms. The summed E-state index contributed by atoms with van der Waals surface area (Å²) in [4.78, 5) is 57.9. The predicted molar refractivity (Wildman–Crippen MR) is 159 cm³/mol. The van der Waals surface area contributed by atoms with Crippen molar-refractivity contribution in [2.75, 3.05) is 11.5 Å². The van der Waals surface area contributed by atoms with Crippen LogP contribution in [0.4, 0.5) is 5.69 Å². The van der Waals surface area contributed by atoms with Gasteiger partial charge >= 0.3 is 5.97 Å². The van der Waals surface area contributed by atoms with E-state index < -0.39 is 12.6 Å². The predicted octanol–water partition coefficient (Wildman–Crippen LogP) is 6.47. The van der Waals surface area contributed by atoms with E-state index in [0.717, 1.165) is 10.0 Å². The zero-order chi connectivity index (χ0) is 28.7. The lowest BCUT2D eigenvalue weighted by Gasteiger charge is -2.15. The summed E-state index contributed by atoms with van der Waals surface area (Å²) in [6, 6.07) is 21.1. The highest BCUT2D eigenvalue weighted by atomic mass is 79.9. The fraction of sp³-hybridized carbons (Fsp3) is 0.182. The van der Waals surface area contributed by atoms with E-state index in [0.29, 0.717) is 51.8 Å². The molecule has 0 N–H and O–H groups in total. The number of nitrogens with zero attached hydrogens (tertiary/aromatic N) is 2. The van der Waals surface area contributed by atoms with E-state index in [1.54, 1.807) is 54.6 Å². The number of allylic oxidation sites excluding steroid dienone is 2. The third-order valence-electron chi connectivity index (χ3n) is 7.61. The highest BCUT2D eigenvalue weighted by Crippen LogP contribution is 2.38. The Morgan fingerprint density at radius 2 is 1.56 bits per heavy atom. The SMILES string of the molecule is Cc1ccc2nc(-c3ccc(N4C(=O)C5CC=CCC5C4=O)cc3)cc(C(=O)OCC(=O)c3ccc(Br)cc3)c2c1. The van der Waals surface area contributed by atoms with Crippen LogP contribution in [0.25, 0.3) is 22.2 Å². The minimum Gasteiger partial charge on any atom is -0.454 e. The number of fused-ring (bicyclic) bond motifs is 2. The summed E-state index contributed by atoms with van der Waals surface area (Å²) in [6.45, 7) is 1.53. The number of amides is 2. The number of aryl methyl sites for hydroxylation is 1. The first-order valence-electron chi connectivity index (χ1n) is 13.3. The maximum atomic E-state index is 13.3. The van der Waals surface area contributed by atoms with Gasteiger partial charge in [0.25, 0.3) is 0 Å². The molecule has 7 nitrogen and oxygen atoms in total. The van der Waals surface area contributed by atoms with Gasteiger partial charge in [0.1, 0.15) is 0 Å². The number of hydrogen-bond acceptors (Lipinski definition) is 6. The molecule has 0 radical (unpaired) electrons. The second-order valence-electron chi connectivity index (χ2n) is 10.3. The van der Waals surface area contributed by atoms with E-state index in [-0.39, 0.29) is 29.4 Å². The molecule has 2 unspecified atom stereocenters. The quantitative estimate of drug-likeness (QED) is 0.108. The van der Waals surface area contributed by atoms with E-state index in [1.807, 2.05) is 37.3 Å². The molecule has 0 saturated carbocycles. The lowest BCUT2D eigenvalue weighted by atomic mass is 9.85. The fourth-order valence-electron chi connectivity index (χ4n) is 5.42. The number of halogens is 1. The van der Waals surface area contributed by atoms with E-state index in [9.17, 15) is 19.2 Å². The van der Waals surface area contributed by atoms with Crippen molar-refractivity contribution in [1.82, 2.24) is 4.98 Å². The molecular formula is C33H25BrN2O5. The van der Waals surface area contributed by atoms with Crippen molar-refractivity contribution in [2.45, 2.75) is 19.8 Å². The highest BCUT2D eigenvalue weighted by molar-refractivity contribution is 9.10. The van der Waals surface area contributed by atoms with Crippen LogP contribution >= 0.6 is 15.9 Å². The number of ketones is 1. The average molecular weight is 609 g/mol. The van der Waals surface area contributed by atoms with Gasteiger partial charge in [-0.05, 0) is 62.2 Å². The Kier molecular flexibility index (Phi) is 7.09. The molecule has 0 spiro atoms. The average Bonchev–Trinajstić information content (AvgIpc) is 3.25. The molecule has 204 valence electrons.